The summed E-state index contributed by atoms with van der Waals surface area (Å²) in [6.45, 7) is 1.88. The molecule has 0 radical (unpaired) electrons. The highest BCUT2D eigenvalue weighted by molar-refractivity contribution is 6.00. The molecule has 0 saturated heterocycles. The van der Waals surface area contributed by atoms with Crippen LogP contribution < -0.4 is 5.73 Å². The minimum Gasteiger partial charge on any atom is -0.369 e. The number of benzene rings is 1. The molecular weight excluding hydrogens is 392 g/mol. The van der Waals surface area contributed by atoms with Gasteiger partial charge in [-0.15, -0.1) is 0 Å². The zero-order chi connectivity index (χ0) is 22.1. The Labute approximate surface area is 180 Å². The third kappa shape index (κ3) is 3.75. The van der Waals surface area contributed by atoms with Gasteiger partial charge in [-0.3, -0.25) is 14.3 Å². The highest BCUT2D eigenvalue weighted by Gasteiger charge is 2.34. The van der Waals surface area contributed by atoms with Crippen molar-refractivity contribution in [3.8, 4) is 23.0 Å². The lowest BCUT2D eigenvalue weighted by Gasteiger charge is -2.28. The quantitative estimate of drug-likeness (QED) is 0.641. The number of carbonyl (C=O) groups excluding carboxylic acids is 2. The molecule has 4 rings (SSSR count). The van der Waals surface area contributed by atoms with Crippen molar-refractivity contribution in [1.82, 2.24) is 19.6 Å². The molecule has 3 aromatic rings. The summed E-state index contributed by atoms with van der Waals surface area (Å²) in [6, 6.07) is 11.4. The second-order valence-electron chi connectivity index (χ2n) is 8.04. The summed E-state index contributed by atoms with van der Waals surface area (Å²) >= 11 is 0. The molecule has 2 atom stereocenters. The van der Waals surface area contributed by atoms with E-state index in [1.807, 2.05) is 25.1 Å². The zero-order valence-electron chi connectivity index (χ0n) is 17.6. The van der Waals surface area contributed by atoms with Gasteiger partial charge in [0, 0.05) is 30.0 Å². The third-order valence-corrected chi connectivity index (χ3v) is 6.02. The Balaban J connectivity index is 1.66. The van der Waals surface area contributed by atoms with Crippen molar-refractivity contribution in [3.05, 3.63) is 53.5 Å². The number of aromatic nitrogens is 4. The van der Waals surface area contributed by atoms with E-state index >= 15 is 0 Å². The van der Waals surface area contributed by atoms with Crippen LogP contribution >= 0.6 is 0 Å². The van der Waals surface area contributed by atoms with Gasteiger partial charge in [-0.1, -0.05) is 37.1 Å². The number of nitrogens with two attached hydrogens (primary N) is 1. The van der Waals surface area contributed by atoms with Gasteiger partial charge < -0.3 is 5.73 Å². The van der Waals surface area contributed by atoms with Crippen LogP contribution in [0.1, 0.15) is 47.4 Å². The molecule has 158 valence electrons. The first-order chi connectivity index (χ1) is 14.9. The molecule has 1 aliphatic rings. The van der Waals surface area contributed by atoms with Crippen LogP contribution in [-0.2, 0) is 11.8 Å². The minimum atomic E-state index is -0.390. The summed E-state index contributed by atoms with van der Waals surface area (Å²) in [5.41, 5.74) is 9.58. The molecule has 1 saturated carbocycles. The van der Waals surface area contributed by atoms with Crippen molar-refractivity contribution in [1.29, 1.82) is 5.26 Å². The number of rotatable bonds is 5. The maximum atomic E-state index is 13.1. The van der Waals surface area contributed by atoms with E-state index in [0.29, 0.717) is 29.8 Å². The summed E-state index contributed by atoms with van der Waals surface area (Å²) in [5.74, 6) is -1.16. The van der Waals surface area contributed by atoms with Crippen molar-refractivity contribution in [2.45, 2.75) is 32.6 Å². The fraction of sp³-hybridized carbons (Fsp3) is 0.348. The van der Waals surface area contributed by atoms with Crippen LogP contribution in [0.25, 0.3) is 16.9 Å². The van der Waals surface area contributed by atoms with E-state index in [4.69, 9.17) is 5.73 Å². The van der Waals surface area contributed by atoms with Crippen molar-refractivity contribution in [2.24, 2.45) is 24.6 Å². The van der Waals surface area contributed by atoms with Gasteiger partial charge >= 0.3 is 0 Å². The lowest BCUT2D eigenvalue weighted by molar-refractivity contribution is -0.123. The highest BCUT2D eigenvalue weighted by Crippen LogP contribution is 2.33. The van der Waals surface area contributed by atoms with Crippen LogP contribution in [0.2, 0.25) is 0 Å². The van der Waals surface area contributed by atoms with Crippen molar-refractivity contribution in [2.75, 3.05) is 0 Å². The molecule has 1 aromatic carbocycles. The second-order valence-corrected chi connectivity index (χ2v) is 8.04. The van der Waals surface area contributed by atoms with Gasteiger partial charge in [0.2, 0.25) is 5.91 Å². The van der Waals surface area contributed by atoms with Crippen molar-refractivity contribution >= 4 is 11.7 Å². The fourth-order valence-corrected chi connectivity index (χ4v) is 4.40. The average Bonchev–Trinajstić information content (AvgIpc) is 3.35. The van der Waals surface area contributed by atoms with E-state index in [2.05, 4.69) is 16.3 Å². The fourth-order valence-electron chi connectivity index (χ4n) is 4.40. The van der Waals surface area contributed by atoms with Gasteiger partial charge in [-0.25, -0.2) is 4.68 Å². The number of ketones is 1. The third-order valence-electron chi connectivity index (χ3n) is 6.02. The summed E-state index contributed by atoms with van der Waals surface area (Å²) in [4.78, 5) is 24.9. The summed E-state index contributed by atoms with van der Waals surface area (Å²) < 4.78 is 3.21. The zero-order valence-corrected chi connectivity index (χ0v) is 17.6. The van der Waals surface area contributed by atoms with Gasteiger partial charge in [-0.05, 0) is 25.8 Å². The Morgan fingerprint density at radius 3 is 2.48 bits per heavy atom. The molecule has 2 N–H and O–H groups in total. The smallest absolute Gasteiger partial charge is 0.221 e. The monoisotopic (exact) mass is 416 g/mol. The molecule has 2 aromatic heterocycles. The molecule has 31 heavy (non-hydrogen) atoms. The maximum absolute atomic E-state index is 13.1. The molecule has 1 aliphatic carbocycles. The van der Waals surface area contributed by atoms with E-state index in [0.717, 1.165) is 29.8 Å². The van der Waals surface area contributed by atoms with Gasteiger partial charge in [0.15, 0.2) is 11.5 Å². The number of Topliss-reactive ketones (excluding diaryl/α,β-unsaturated/α-hetero) is 1. The Morgan fingerprint density at radius 2 is 1.84 bits per heavy atom. The molecular formula is C23H24N6O2. The number of aryl methyl sites for hydroxylation is 2. The normalized spacial score (nSPS) is 18.5. The largest absolute Gasteiger partial charge is 0.369 e. The maximum Gasteiger partial charge on any atom is 0.221 e. The number of nitrogens with zero attached hydrogens (tertiary/aromatic N) is 5. The Morgan fingerprint density at radius 1 is 1.16 bits per heavy atom. The van der Waals surface area contributed by atoms with Gasteiger partial charge in [0.25, 0.3) is 0 Å². The Bertz CT molecular complexity index is 1180. The molecule has 0 aliphatic heterocycles. The number of nitriles is 1. The van der Waals surface area contributed by atoms with Crippen molar-refractivity contribution in [3.63, 3.8) is 0 Å². The molecule has 1 amide bonds. The SMILES string of the molecule is Cc1cc(-c2ccc(C(=O)C3CCCCC3C(N)=O)cc2)n(-c2cnn(C)c2C#N)n1. The van der Waals surface area contributed by atoms with Crippen LogP contribution in [-0.4, -0.2) is 31.3 Å². The molecule has 2 unspecified atom stereocenters. The van der Waals surface area contributed by atoms with Crippen LogP contribution in [0.5, 0.6) is 0 Å². The Hall–Kier alpha value is -3.73. The van der Waals surface area contributed by atoms with Gasteiger partial charge in [-0.2, -0.15) is 15.5 Å². The summed E-state index contributed by atoms with van der Waals surface area (Å²) in [6.07, 6.45) is 4.84. The van der Waals surface area contributed by atoms with Gasteiger partial charge in [0.1, 0.15) is 11.8 Å². The molecule has 0 bridgehead atoms. The first-order valence-corrected chi connectivity index (χ1v) is 10.3. The van der Waals surface area contributed by atoms with E-state index in [1.54, 1.807) is 30.1 Å². The molecule has 8 nitrogen and oxygen atoms in total. The number of hydrogen-bond donors (Lipinski definition) is 1. The number of carbonyl (C=O) groups is 2. The second kappa shape index (κ2) is 8.19. The molecule has 2 heterocycles. The number of hydrogen-bond acceptors (Lipinski definition) is 5. The van der Waals surface area contributed by atoms with E-state index in [-0.39, 0.29) is 23.5 Å². The minimum absolute atomic E-state index is 0.0289. The van der Waals surface area contributed by atoms with Crippen LogP contribution in [0.4, 0.5) is 0 Å². The molecule has 0 spiro atoms. The molecule has 8 heteroatoms. The predicted molar refractivity (Wildman–Crippen MR) is 114 cm³/mol. The Kier molecular flexibility index (Phi) is 5.42. The van der Waals surface area contributed by atoms with Crippen LogP contribution in [0, 0.1) is 30.1 Å². The van der Waals surface area contributed by atoms with E-state index in [9.17, 15) is 14.9 Å². The first kappa shape index (κ1) is 20.5. The van der Waals surface area contributed by atoms with Crippen LogP contribution in [0.15, 0.2) is 36.5 Å². The van der Waals surface area contributed by atoms with E-state index < -0.39 is 0 Å². The topological polar surface area (TPSA) is 120 Å². The predicted octanol–water partition coefficient (Wildman–Crippen LogP) is 2.93. The van der Waals surface area contributed by atoms with E-state index in [1.165, 1.54) is 4.68 Å². The number of primary amides is 1. The molecule has 1 fully saturated rings. The lowest BCUT2D eigenvalue weighted by Crippen LogP contribution is -2.36. The van der Waals surface area contributed by atoms with Crippen LogP contribution in [0.3, 0.4) is 0 Å². The summed E-state index contributed by atoms with van der Waals surface area (Å²) in [7, 11) is 1.71. The number of amides is 1. The van der Waals surface area contributed by atoms with Gasteiger partial charge in [0.05, 0.1) is 17.6 Å². The average molecular weight is 416 g/mol. The lowest BCUT2D eigenvalue weighted by atomic mass is 9.75. The summed E-state index contributed by atoms with van der Waals surface area (Å²) in [5, 5.41) is 18.2. The highest BCUT2D eigenvalue weighted by atomic mass is 16.1. The van der Waals surface area contributed by atoms with Crippen molar-refractivity contribution < 1.29 is 9.59 Å². The first-order valence-electron chi connectivity index (χ1n) is 10.3. The standard InChI is InChI=1S/C23H24N6O2/c1-14-11-19(29(27-14)21-13-26-28(2)20(21)12-24)15-7-9-16(10-8-15)22(30)17-5-3-4-6-18(17)23(25)31/h7-11,13,17-18H,3-6H2,1-2H3,(H2,25,31).